The monoisotopic (exact) mass is 261 g/mol. The first-order valence-corrected chi connectivity index (χ1v) is 7.05. The molecular formula is C16H23NO2. The molecule has 0 saturated heterocycles. The first-order valence-electron chi connectivity index (χ1n) is 7.05. The van der Waals surface area contributed by atoms with Gasteiger partial charge in [-0.05, 0) is 35.4 Å². The van der Waals surface area contributed by atoms with Crippen LogP contribution in [0.2, 0.25) is 0 Å². The third kappa shape index (κ3) is 3.35. The average molecular weight is 261 g/mol. The molecule has 0 fully saturated rings. The minimum atomic E-state index is -0.151. The molecule has 19 heavy (non-hydrogen) atoms. The summed E-state index contributed by atoms with van der Waals surface area (Å²) in [5.41, 5.74) is 4.20. The third-order valence-corrected chi connectivity index (χ3v) is 4.08. The Morgan fingerprint density at radius 1 is 1.42 bits per heavy atom. The molecule has 0 aromatic heterocycles. The van der Waals surface area contributed by atoms with Crippen LogP contribution in [0.5, 0.6) is 0 Å². The number of carbonyl (C=O) groups is 1. The Hall–Kier alpha value is -1.35. The topological polar surface area (TPSA) is 29.5 Å². The Morgan fingerprint density at radius 3 is 2.89 bits per heavy atom. The van der Waals surface area contributed by atoms with Crippen molar-refractivity contribution in [2.24, 2.45) is 0 Å². The van der Waals surface area contributed by atoms with Gasteiger partial charge in [0.1, 0.15) is 0 Å². The largest absolute Gasteiger partial charge is 0.468 e. The first kappa shape index (κ1) is 14.1. The van der Waals surface area contributed by atoms with Gasteiger partial charge in [-0.25, -0.2) is 0 Å². The molecule has 1 aromatic carbocycles. The molecule has 3 nitrogen and oxygen atoms in total. The maximum Gasteiger partial charge on any atom is 0.319 e. The molecule has 0 N–H and O–H groups in total. The van der Waals surface area contributed by atoms with Crippen molar-refractivity contribution in [2.45, 2.75) is 39.2 Å². The zero-order valence-electron chi connectivity index (χ0n) is 12.1. The number of hydrogen-bond donors (Lipinski definition) is 0. The van der Waals surface area contributed by atoms with Crippen molar-refractivity contribution in [3.05, 3.63) is 34.9 Å². The van der Waals surface area contributed by atoms with E-state index in [4.69, 9.17) is 4.74 Å². The van der Waals surface area contributed by atoms with E-state index in [2.05, 4.69) is 36.9 Å². The van der Waals surface area contributed by atoms with Gasteiger partial charge in [0, 0.05) is 13.1 Å². The van der Waals surface area contributed by atoms with Gasteiger partial charge in [-0.3, -0.25) is 9.69 Å². The highest BCUT2D eigenvalue weighted by molar-refractivity contribution is 5.71. The van der Waals surface area contributed by atoms with E-state index in [-0.39, 0.29) is 5.97 Å². The number of carbonyl (C=O) groups excluding carboxylic acids is 1. The van der Waals surface area contributed by atoms with Gasteiger partial charge in [0.15, 0.2) is 0 Å². The Balaban J connectivity index is 2.11. The number of rotatable bonds is 4. The maximum absolute atomic E-state index is 11.3. The predicted octanol–water partition coefficient (Wildman–Crippen LogP) is 2.73. The molecule has 3 heteroatoms. The molecule has 0 saturated carbocycles. The molecule has 0 aliphatic carbocycles. The van der Waals surface area contributed by atoms with Crippen LogP contribution >= 0.6 is 0 Å². The number of methoxy groups -OCH3 is 1. The Kier molecular flexibility index (Phi) is 4.59. The van der Waals surface area contributed by atoms with Gasteiger partial charge in [0.2, 0.25) is 0 Å². The summed E-state index contributed by atoms with van der Waals surface area (Å²) in [5.74, 6) is 0.447. The summed E-state index contributed by atoms with van der Waals surface area (Å²) >= 11 is 0. The minimum absolute atomic E-state index is 0.151. The number of esters is 1. The van der Waals surface area contributed by atoms with Crippen LogP contribution in [0.15, 0.2) is 18.2 Å². The van der Waals surface area contributed by atoms with Crippen LogP contribution < -0.4 is 0 Å². The summed E-state index contributed by atoms with van der Waals surface area (Å²) in [7, 11) is 1.45. The van der Waals surface area contributed by atoms with Crippen LogP contribution in [-0.4, -0.2) is 31.1 Å². The van der Waals surface area contributed by atoms with Gasteiger partial charge in [0.25, 0.3) is 0 Å². The zero-order valence-corrected chi connectivity index (χ0v) is 12.1. The Bertz CT molecular complexity index is 456. The van der Waals surface area contributed by atoms with Crippen molar-refractivity contribution in [3.8, 4) is 0 Å². The van der Waals surface area contributed by atoms with Crippen LogP contribution in [0.25, 0.3) is 0 Å². The summed E-state index contributed by atoms with van der Waals surface area (Å²) in [6, 6.07) is 6.82. The van der Waals surface area contributed by atoms with E-state index in [1.807, 2.05) is 0 Å². The molecule has 1 heterocycles. The zero-order chi connectivity index (χ0) is 13.8. The van der Waals surface area contributed by atoms with Crippen LogP contribution in [0.1, 0.15) is 42.9 Å². The number of fused-ring (bicyclic) bond motifs is 1. The second-order valence-electron chi connectivity index (χ2n) is 5.37. The SMILES string of the molecule is CCC(C)c1ccc2c(c1)CN(CC(=O)OC)CC2. The molecule has 1 aliphatic rings. The van der Waals surface area contributed by atoms with Crippen molar-refractivity contribution in [1.82, 2.24) is 4.90 Å². The van der Waals surface area contributed by atoms with Crippen molar-refractivity contribution in [1.29, 1.82) is 0 Å². The van der Waals surface area contributed by atoms with Gasteiger partial charge >= 0.3 is 5.97 Å². The van der Waals surface area contributed by atoms with E-state index in [0.717, 1.165) is 25.9 Å². The van der Waals surface area contributed by atoms with E-state index < -0.39 is 0 Å². The van der Waals surface area contributed by atoms with E-state index in [1.165, 1.54) is 23.8 Å². The fourth-order valence-corrected chi connectivity index (χ4v) is 2.56. The Morgan fingerprint density at radius 2 is 2.21 bits per heavy atom. The molecule has 2 rings (SSSR count). The lowest BCUT2D eigenvalue weighted by molar-refractivity contribution is -0.142. The standard InChI is InChI=1S/C16H23NO2/c1-4-12(2)14-6-5-13-7-8-17(10-15(13)9-14)11-16(18)19-3/h5-6,9,12H,4,7-8,10-11H2,1-3H3. The number of nitrogens with zero attached hydrogens (tertiary/aromatic N) is 1. The quantitative estimate of drug-likeness (QED) is 0.781. The highest BCUT2D eigenvalue weighted by atomic mass is 16.5. The van der Waals surface area contributed by atoms with Gasteiger partial charge in [-0.2, -0.15) is 0 Å². The average Bonchev–Trinajstić information content (AvgIpc) is 2.45. The summed E-state index contributed by atoms with van der Waals surface area (Å²) < 4.78 is 4.74. The van der Waals surface area contributed by atoms with E-state index in [1.54, 1.807) is 0 Å². The highest BCUT2D eigenvalue weighted by Crippen LogP contribution is 2.25. The lowest BCUT2D eigenvalue weighted by atomic mass is 9.91. The van der Waals surface area contributed by atoms with Crippen molar-refractivity contribution < 1.29 is 9.53 Å². The molecule has 0 spiro atoms. The van der Waals surface area contributed by atoms with E-state index in [0.29, 0.717) is 12.5 Å². The number of benzene rings is 1. The van der Waals surface area contributed by atoms with Crippen LogP contribution in [0, 0.1) is 0 Å². The predicted molar refractivity (Wildman–Crippen MR) is 76.1 cm³/mol. The summed E-state index contributed by atoms with van der Waals surface area (Å²) in [5, 5.41) is 0. The molecule has 1 atom stereocenters. The molecule has 1 aliphatic heterocycles. The highest BCUT2D eigenvalue weighted by Gasteiger charge is 2.19. The van der Waals surface area contributed by atoms with Gasteiger partial charge < -0.3 is 4.74 Å². The van der Waals surface area contributed by atoms with Crippen LogP contribution in [0.3, 0.4) is 0 Å². The number of hydrogen-bond acceptors (Lipinski definition) is 3. The summed E-state index contributed by atoms with van der Waals surface area (Å²) in [4.78, 5) is 13.5. The van der Waals surface area contributed by atoms with Crippen LogP contribution in [-0.2, 0) is 22.5 Å². The van der Waals surface area contributed by atoms with Crippen molar-refractivity contribution in [2.75, 3.05) is 20.2 Å². The van der Waals surface area contributed by atoms with Crippen molar-refractivity contribution in [3.63, 3.8) is 0 Å². The molecule has 1 aromatic rings. The van der Waals surface area contributed by atoms with Gasteiger partial charge in [0.05, 0.1) is 13.7 Å². The normalized spacial score (nSPS) is 16.8. The lowest BCUT2D eigenvalue weighted by Gasteiger charge is -2.28. The molecule has 0 radical (unpaired) electrons. The maximum atomic E-state index is 11.3. The van der Waals surface area contributed by atoms with Crippen molar-refractivity contribution >= 4 is 5.97 Å². The lowest BCUT2D eigenvalue weighted by Crippen LogP contribution is -2.35. The third-order valence-electron chi connectivity index (χ3n) is 4.08. The van der Waals surface area contributed by atoms with Crippen LogP contribution in [0.4, 0.5) is 0 Å². The molecule has 0 bridgehead atoms. The first-order chi connectivity index (χ1) is 9.13. The second kappa shape index (κ2) is 6.20. The molecule has 0 amide bonds. The second-order valence-corrected chi connectivity index (χ2v) is 5.37. The molecular weight excluding hydrogens is 238 g/mol. The smallest absolute Gasteiger partial charge is 0.319 e. The van der Waals surface area contributed by atoms with E-state index in [9.17, 15) is 4.79 Å². The summed E-state index contributed by atoms with van der Waals surface area (Å²) in [6.07, 6.45) is 2.18. The summed E-state index contributed by atoms with van der Waals surface area (Å²) in [6.45, 7) is 6.66. The van der Waals surface area contributed by atoms with Gasteiger partial charge in [-0.15, -0.1) is 0 Å². The van der Waals surface area contributed by atoms with E-state index >= 15 is 0 Å². The number of ether oxygens (including phenoxy) is 1. The minimum Gasteiger partial charge on any atom is -0.468 e. The molecule has 1 unspecified atom stereocenters. The Labute approximate surface area is 115 Å². The fourth-order valence-electron chi connectivity index (χ4n) is 2.56. The van der Waals surface area contributed by atoms with Gasteiger partial charge in [-0.1, -0.05) is 32.0 Å². The molecule has 104 valence electrons. The fraction of sp³-hybridized carbons (Fsp3) is 0.562.